The fourth-order valence-corrected chi connectivity index (χ4v) is 2.18. The van der Waals surface area contributed by atoms with Crippen molar-refractivity contribution in [2.75, 3.05) is 12.8 Å². The summed E-state index contributed by atoms with van der Waals surface area (Å²) in [7, 11) is 1.66. The molecule has 0 aliphatic heterocycles. The third-order valence-corrected chi connectivity index (χ3v) is 3.27. The summed E-state index contributed by atoms with van der Waals surface area (Å²) in [6.45, 7) is 0. The molecule has 0 spiro atoms. The number of thioether (sulfide) groups is 1. The Morgan fingerprint density at radius 2 is 2.12 bits per heavy atom. The fraction of sp³-hybridized carbons (Fsp3) is 0.167. The molecule has 0 atom stereocenters. The zero-order valence-corrected chi connectivity index (χ0v) is 10.3. The summed E-state index contributed by atoms with van der Waals surface area (Å²) < 4.78 is 5.17. The smallest absolute Gasteiger partial charge is 0.156 e. The first kappa shape index (κ1) is 11.7. The molecule has 88 valence electrons. The van der Waals surface area contributed by atoms with Gasteiger partial charge >= 0.3 is 0 Å². The molecule has 2 aromatic rings. The van der Waals surface area contributed by atoms with E-state index in [4.69, 9.17) is 10.5 Å². The van der Waals surface area contributed by atoms with E-state index < -0.39 is 0 Å². The molecular weight excluding hydrogens is 234 g/mol. The number of methoxy groups -OCH3 is 1. The van der Waals surface area contributed by atoms with E-state index in [-0.39, 0.29) is 0 Å². The summed E-state index contributed by atoms with van der Waals surface area (Å²) in [6.07, 6.45) is 3.23. The van der Waals surface area contributed by atoms with Crippen molar-refractivity contribution in [2.24, 2.45) is 0 Å². The highest BCUT2D eigenvalue weighted by Crippen LogP contribution is 2.25. The molecule has 1 aromatic carbocycles. The van der Waals surface area contributed by atoms with Gasteiger partial charge in [0.25, 0.3) is 0 Å². The first-order valence-electron chi connectivity index (χ1n) is 5.12. The quantitative estimate of drug-likeness (QED) is 0.840. The third-order valence-electron chi connectivity index (χ3n) is 2.20. The lowest BCUT2D eigenvalue weighted by Gasteiger charge is -2.05. The van der Waals surface area contributed by atoms with E-state index in [1.165, 1.54) is 5.56 Å². The van der Waals surface area contributed by atoms with Crippen LogP contribution in [-0.2, 0) is 5.75 Å². The van der Waals surface area contributed by atoms with Gasteiger partial charge < -0.3 is 10.5 Å². The lowest BCUT2D eigenvalue weighted by Crippen LogP contribution is -1.95. The molecule has 0 aliphatic rings. The number of anilines is 1. The molecule has 2 rings (SSSR count). The topological polar surface area (TPSA) is 61.0 Å². The fourth-order valence-electron chi connectivity index (χ4n) is 1.36. The summed E-state index contributed by atoms with van der Waals surface area (Å²) >= 11 is 1.57. The maximum absolute atomic E-state index is 5.72. The van der Waals surface area contributed by atoms with E-state index in [0.717, 1.165) is 16.5 Å². The molecule has 0 radical (unpaired) electrons. The number of ether oxygens (including phenoxy) is 1. The van der Waals surface area contributed by atoms with E-state index in [9.17, 15) is 0 Å². The minimum Gasteiger partial charge on any atom is -0.497 e. The maximum atomic E-state index is 5.72. The van der Waals surface area contributed by atoms with Gasteiger partial charge in [-0.25, -0.2) is 9.97 Å². The molecule has 0 unspecified atom stereocenters. The molecule has 0 bridgehead atoms. The number of aromatic nitrogens is 2. The van der Waals surface area contributed by atoms with Crippen LogP contribution in [0.4, 0.5) is 5.82 Å². The molecule has 0 aliphatic carbocycles. The number of nitrogens with zero attached hydrogens (tertiary/aromatic N) is 2. The van der Waals surface area contributed by atoms with Crippen molar-refractivity contribution in [3.63, 3.8) is 0 Å². The average molecular weight is 247 g/mol. The summed E-state index contributed by atoms with van der Waals surface area (Å²) in [6, 6.07) is 7.93. The first-order valence-corrected chi connectivity index (χ1v) is 6.10. The van der Waals surface area contributed by atoms with Crippen LogP contribution < -0.4 is 10.5 Å². The summed E-state index contributed by atoms with van der Waals surface area (Å²) in [5, 5.41) is 0.760. The van der Waals surface area contributed by atoms with Gasteiger partial charge in [-0.2, -0.15) is 0 Å². The van der Waals surface area contributed by atoms with Gasteiger partial charge in [0.05, 0.1) is 7.11 Å². The number of hydrogen-bond acceptors (Lipinski definition) is 5. The Labute approximate surface area is 104 Å². The molecule has 17 heavy (non-hydrogen) atoms. The largest absolute Gasteiger partial charge is 0.497 e. The second-order valence-electron chi connectivity index (χ2n) is 3.39. The van der Waals surface area contributed by atoms with Crippen LogP contribution in [0.3, 0.4) is 0 Å². The van der Waals surface area contributed by atoms with Crippen molar-refractivity contribution >= 4 is 17.6 Å². The zero-order chi connectivity index (χ0) is 12.1. The predicted molar refractivity (Wildman–Crippen MR) is 69.0 cm³/mol. The van der Waals surface area contributed by atoms with Gasteiger partial charge in [-0.15, -0.1) is 0 Å². The van der Waals surface area contributed by atoms with Gasteiger partial charge in [-0.05, 0) is 17.7 Å². The Bertz CT molecular complexity index is 505. The van der Waals surface area contributed by atoms with Gasteiger partial charge in [0.1, 0.15) is 10.8 Å². The third kappa shape index (κ3) is 3.10. The van der Waals surface area contributed by atoms with Crippen LogP contribution in [-0.4, -0.2) is 17.1 Å². The van der Waals surface area contributed by atoms with Crippen LogP contribution in [0, 0.1) is 0 Å². The molecule has 1 aromatic heterocycles. The van der Waals surface area contributed by atoms with Crippen LogP contribution >= 0.6 is 11.8 Å². The van der Waals surface area contributed by atoms with Crippen molar-refractivity contribution in [3.8, 4) is 5.75 Å². The van der Waals surface area contributed by atoms with E-state index in [0.29, 0.717) is 5.82 Å². The highest BCUT2D eigenvalue weighted by Gasteiger charge is 2.03. The standard InChI is InChI=1S/C12H13N3OS/c1-16-10-4-2-3-9(7-10)8-17-12-11(13)14-5-6-15-12/h2-7H,8H2,1H3,(H2,13,14). The predicted octanol–water partition coefficient (Wildman–Crippen LogP) is 2.36. The molecule has 4 nitrogen and oxygen atoms in total. The number of hydrogen-bond donors (Lipinski definition) is 1. The molecule has 0 fully saturated rings. The van der Waals surface area contributed by atoms with Crippen LogP contribution in [0.5, 0.6) is 5.75 Å². The van der Waals surface area contributed by atoms with Crippen LogP contribution in [0.1, 0.15) is 5.56 Å². The summed E-state index contributed by atoms with van der Waals surface area (Å²) in [4.78, 5) is 8.18. The molecule has 0 saturated carbocycles. The second-order valence-corrected chi connectivity index (χ2v) is 4.35. The van der Waals surface area contributed by atoms with Crippen molar-refractivity contribution < 1.29 is 4.74 Å². The van der Waals surface area contributed by atoms with Crippen molar-refractivity contribution in [1.29, 1.82) is 0 Å². The Morgan fingerprint density at radius 3 is 2.88 bits per heavy atom. The first-order chi connectivity index (χ1) is 8.29. The number of rotatable bonds is 4. The van der Waals surface area contributed by atoms with E-state index in [1.807, 2.05) is 24.3 Å². The lowest BCUT2D eigenvalue weighted by molar-refractivity contribution is 0.414. The lowest BCUT2D eigenvalue weighted by atomic mass is 10.2. The minimum atomic E-state index is 0.473. The number of nitrogen functional groups attached to an aromatic ring is 1. The van der Waals surface area contributed by atoms with Gasteiger partial charge in [0, 0.05) is 18.1 Å². The Morgan fingerprint density at radius 1 is 1.29 bits per heavy atom. The highest BCUT2D eigenvalue weighted by atomic mass is 32.2. The van der Waals surface area contributed by atoms with E-state index >= 15 is 0 Å². The molecule has 5 heteroatoms. The SMILES string of the molecule is COc1cccc(CSc2nccnc2N)c1. The maximum Gasteiger partial charge on any atom is 0.156 e. The monoisotopic (exact) mass is 247 g/mol. The van der Waals surface area contributed by atoms with Crippen LogP contribution in [0.2, 0.25) is 0 Å². The van der Waals surface area contributed by atoms with Gasteiger partial charge in [-0.1, -0.05) is 23.9 Å². The van der Waals surface area contributed by atoms with E-state index in [2.05, 4.69) is 9.97 Å². The summed E-state index contributed by atoms with van der Waals surface area (Å²) in [5.74, 6) is 2.12. The normalized spacial score (nSPS) is 10.2. The Balaban J connectivity index is 2.05. The minimum absolute atomic E-state index is 0.473. The van der Waals surface area contributed by atoms with Gasteiger partial charge in [0.2, 0.25) is 0 Å². The Hall–Kier alpha value is -1.75. The van der Waals surface area contributed by atoms with Crippen molar-refractivity contribution in [2.45, 2.75) is 10.8 Å². The van der Waals surface area contributed by atoms with Crippen LogP contribution in [0.15, 0.2) is 41.7 Å². The second kappa shape index (κ2) is 5.54. The zero-order valence-electron chi connectivity index (χ0n) is 9.46. The number of nitrogens with two attached hydrogens (primary N) is 1. The van der Waals surface area contributed by atoms with Gasteiger partial charge in [-0.3, -0.25) is 0 Å². The van der Waals surface area contributed by atoms with Crippen LogP contribution in [0.25, 0.3) is 0 Å². The molecular formula is C12H13N3OS. The van der Waals surface area contributed by atoms with Crippen molar-refractivity contribution in [1.82, 2.24) is 9.97 Å². The van der Waals surface area contributed by atoms with Crippen molar-refractivity contribution in [3.05, 3.63) is 42.2 Å². The van der Waals surface area contributed by atoms with E-state index in [1.54, 1.807) is 31.3 Å². The number of benzene rings is 1. The Kier molecular flexibility index (Phi) is 3.82. The molecule has 0 saturated heterocycles. The van der Waals surface area contributed by atoms with Gasteiger partial charge in [0.15, 0.2) is 5.82 Å². The highest BCUT2D eigenvalue weighted by molar-refractivity contribution is 7.98. The molecule has 2 N–H and O–H groups in total. The summed E-state index contributed by atoms with van der Waals surface area (Å²) in [5.41, 5.74) is 6.89. The molecule has 1 heterocycles. The average Bonchev–Trinajstić information content (AvgIpc) is 2.38. The molecule has 0 amide bonds.